The summed E-state index contributed by atoms with van der Waals surface area (Å²) in [6.45, 7) is 2.07. The molecule has 1 aliphatic carbocycles. The number of hydrogen-bond acceptors (Lipinski definition) is 2. The predicted octanol–water partition coefficient (Wildman–Crippen LogP) is 3.33. The van der Waals surface area contributed by atoms with E-state index in [4.69, 9.17) is 11.6 Å². The molecule has 1 aliphatic rings. The maximum absolute atomic E-state index is 5.97. The van der Waals surface area contributed by atoms with E-state index in [-0.39, 0.29) is 0 Å². The van der Waals surface area contributed by atoms with Crippen LogP contribution in [0.3, 0.4) is 0 Å². The van der Waals surface area contributed by atoms with Gasteiger partial charge in [0.1, 0.15) is 11.0 Å². The SMILES string of the molecule is CCc1nc(C2CC2)nc(Cl)c1Br. The third-order valence-electron chi connectivity index (χ3n) is 2.17. The molecular formula is C9H10BrClN2. The zero-order valence-electron chi connectivity index (χ0n) is 7.35. The second kappa shape index (κ2) is 3.54. The molecule has 1 aromatic heterocycles. The van der Waals surface area contributed by atoms with Crippen molar-refractivity contribution < 1.29 is 0 Å². The molecule has 0 N–H and O–H groups in total. The summed E-state index contributed by atoms with van der Waals surface area (Å²) in [6, 6.07) is 0. The first-order valence-electron chi connectivity index (χ1n) is 4.44. The van der Waals surface area contributed by atoms with Crippen molar-refractivity contribution in [2.75, 3.05) is 0 Å². The standard InChI is InChI=1S/C9H10BrClN2/c1-2-6-7(10)8(11)13-9(12-6)5-3-4-5/h5H,2-4H2,1H3. The van der Waals surface area contributed by atoms with E-state index >= 15 is 0 Å². The molecule has 0 aliphatic heterocycles. The number of aromatic nitrogens is 2. The minimum Gasteiger partial charge on any atom is -0.236 e. The fourth-order valence-electron chi connectivity index (χ4n) is 1.24. The van der Waals surface area contributed by atoms with Crippen molar-refractivity contribution in [2.24, 2.45) is 0 Å². The molecular weight excluding hydrogens is 251 g/mol. The van der Waals surface area contributed by atoms with E-state index in [1.165, 1.54) is 12.8 Å². The fourth-order valence-corrected chi connectivity index (χ4v) is 1.89. The van der Waals surface area contributed by atoms with Gasteiger partial charge in [0.25, 0.3) is 0 Å². The van der Waals surface area contributed by atoms with Gasteiger partial charge >= 0.3 is 0 Å². The van der Waals surface area contributed by atoms with Crippen LogP contribution in [0.4, 0.5) is 0 Å². The largest absolute Gasteiger partial charge is 0.236 e. The lowest BCUT2D eigenvalue weighted by Crippen LogP contribution is -1.99. The summed E-state index contributed by atoms with van der Waals surface area (Å²) in [7, 11) is 0. The van der Waals surface area contributed by atoms with Gasteiger partial charge in [-0.1, -0.05) is 18.5 Å². The smallest absolute Gasteiger partial charge is 0.147 e. The molecule has 1 heterocycles. The van der Waals surface area contributed by atoms with Gasteiger partial charge in [-0.15, -0.1) is 0 Å². The quantitative estimate of drug-likeness (QED) is 0.763. The normalized spacial score (nSPS) is 16.2. The number of nitrogens with zero attached hydrogens (tertiary/aromatic N) is 2. The van der Waals surface area contributed by atoms with Crippen molar-refractivity contribution in [3.63, 3.8) is 0 Å². The van der Waals surface area contributed by atoms with Crippen molar-refractivity contribution >= 4 is 27.5 Å². The van der Waals surface area contributed by atoms with Crippen molar-refractivity contribution in [2.45, 2.75) is 32.1 Å². The Morgan fingerprint density at radius 1 is 1.46 bits per heavy atom. The summed E-state index contributed by atoms with van der Waals surface area (Å²) in [5.74, 6) is 1.49. The molecule has 0 atom stereocenters. The fraction of sp³-hybridized carbons (Fsp3) is 0.556. The maximum Gasteiger partial charge on any atom is 0.147 e. The van der Waals surface area contributed by atoms with Crippen LogP contribution in [0.1, 0.15) is 37.2 Å². The molecule has 13 heavy (non-hydrogen) atoms. The van der Waals surface area contributed by atoms with E-state index in [0.29, 0.717) is 11.1 Å². The molecule has 1 saturated carbocycles. The Bertz CT molecular complexity index is 337. The minimum absolute atomic E-state index is 0.550. The van der Waals surface area contributed by atoms with Crippen molar-refractivity contribution in [1.29, 1.82) is 0 Å². The molecule has 1 aromatic rings. The van der Waals surface area contributed by atoms with Gasteiger partial charge in [0.15, 0.2) is 0 Å². The molecule has 1 fully saturated rings. The Morgan fingerprint density at radius 2 is 2.15 bits per heavy atom. The second-order valence-corrected chi connectivity index (χ2v) is 4.41. The van der Waals surface area contributed by atoms with E-state index in [1.54, 1.807) is 0 Å². The highest BCUT2D eigenvalue weighted by Gasteiger charge is 2.27. The summed E-state index contributed by atoms with van der Waals surface area (Å²) >= 11 is 9.36. The zero-order valence-corrected chi connectivity index (χ0v) is 9.69. The monoisotopic (exact) mass is 260 g/mol. The highest BCUT2D eigenvalue weighted by Crippen LogP contribution is 2.39. The highest BCUT2D eigenvalue weighted by atomic mass is 79.9. The topological polar surface area (TPSA) is 25.8 Å². The zero-order chi connectivity index (χ0) is 9.42. The molecule has 0 spiro atoms. The van der Waals surface area contributed by atoms with Crippen LogP contribution in [0, 0.1) is 0 Å². The van der Waals surface area contributed by atoms with Crippen LogP contribution in [-0.4, -0.2) is 9.97 Å². The van der Waals surface area contributed by atoms with Crippen molar-refractivity contribution in [1.82, 2.24) is 9.97 Å². The summed E-state index contributed by atoms with van der Waals surface area (Å²) in [6.07, 6.45) is 3.31. The Hall–Kier alpha value is -0.150. The second-order valence-electron chi connectivity index (χ2n) is 3.26. The van der Waals surface area contributed by atoms with Gasteiger partial charge in [-0.2, -0.15) is 0 Å². The summed E-state index contributed by atoms with van der Waals surface area (Å²) < 4.78 is 0.848. The van der Waals surface area contributed by atoms with Crippen molar-refractivity contribution in [3.8, 4) is 0 Å². The Kier molecular flexibility index (Phi) is 2.56. The van der Waals surface area contributed by atoms with Gasteiger partial charge in [-0.25, -0.2) is 9.97 Å². The van der Waals surface area contributed by atoms with Crippen LogP contribution >= 0.6 is 27.5 Å². The van der Waals surface area contributed by atoms with Crippen molar-refractivity contribution in [3.05, 3.63) is 21.1 Å². The van der Waals surface area contributed by atoms with E-state index in [0.717, 1.165) is 22.4 Å². The van der Waals surface area contributed by atoms with Gasteiger partial charge in [0, 0.05) is 5.92 Å². The van der Waals surface area contributed by atoms with Crippen LogP contribution in [0.5, 0.6) is 0 Å². The van der Waals surface area contributed by atoms with Gasteiger partial charge in [0.05, 0.1) is 10.2 Å². The molecule has 0 unspecified atom stereocenters. The van der Waals surface area contributed by atoms with Crippen LogP contribution in [0.25, 0.3) is 0 Å². The molecule has 0 saturated heterocycles. The maximum atomic E-state index is 5.97. The molecule has 0 amide bonds. The van der Waals surface area contributed by atoms with E-state index in [9.17, 15) is 0 Å². The predicted molar refractivity (Wildman–Crippen MR) is 56.1 cm³/mol. The minimum atomic E-state index is 0.550. The third kappa shape index (κ3) is 1.86. The van der Waals surface area contributed by atoms with Gasteiger partial charge < -0.3 is 0 Å². The molecule has 0 radical (unpaired) electrons. The van der Waals surface area contributed by atoms with Crippen LogP contribution < -0.4 is 0 Å². The first-order valence-corrected chi connectivity index (χ1v) is 5.61. The Balaban J connectivity index is 2.43. The van der Waals surface area contributed by atoms with Crippen LogP contribution in [-0.2, 0) is 6.42 Å². The number of aryl methyl sites for hydroxylation is 1. The lowest BCUT2D eigenvalue weighted by Gasteiger charge is -2.04. The van der Waals surface area contributed by atoms with Gasteiger partial charge in [-0.05, 0) is 35.2 Å². The highest BCUT2D eigenvalue weighted by molar-refractivity contribution is 9.10. The number of halogens is 2. The number of hydrogen-bond donors (Lipinski definition) is 0. The molecule has 2 rings (SSSR count). The van der Waals surface area contributed by atoms with Crippen LogP contribution in [0.2, 0.25) is 5.15 Å². The lowest BCUT2D eigenvalue weighted by atomic mass is 10.3. The average Bonchev–Trinajstić information content (AvgIpc) is 2.92. The van der Waals surface area contributed by atoms with E-state index in [2.05, 4.69) is 32.8 Å². The lowest BCUT2D eigenvalue weighted by molar-refractivity contribution is 0.870. The van der Waals surface area contributed by atoms with E-state index < -0.39 is 0 Å². The van der Waals surface area contributed by atoms with Crippen LogP contribution in [0.15, 0.2) is 4.47 Å². The first-order chi connectivity index (χ1) is 6.22. The molecule has 2 nitrogen and oxygen atoms in total. The summed E-state index contributed by atoms with van der Waals surface area (Å²) in [4.78, 5) is 8.72. The summed E-state index contributed by atoms with van der Waals surface area (Å²) in [5, 5.41) is 0.550. The average molecular weight is 262 g/mol. The van der Waals surface area contributed by atoms with E-state index in [1.807, 2.05) is 0 Å². The van der Waals surface area contributed by atoms with Gasteiger partial charge in [-0.3, -0.25) is 0 Å². The molecule has 4 heteroatoms. The molecule has 0 aromatic carbocycles. The summed E-state index contributed by atoms with van der Waals surface area (Å²) in [5.41, 5.74) is 1.02. The van der Waals surface area contributed by atoms with Gasteiger partial charge in [0.2, 0.25) is 0 Å². The number of rotatable bonds is 2. The Labute approximate surface area is 90.9 Å². The molecule has 0 bridgehead atoms. The Morgan fingerprint density at radius 3 is 2.69 bits per heavy atom. The molecule has 70 valence electrons. The third-order valence-corrected chi connectivity index (χ3v) is 3.51. The first kappa shape index (κ1) is 9.41.